The van der Waals surface area contributed by atoms with Crippen LogP contribution in [0.25, 0.3) is 0 Å². The van der Waals surface area contributed by atoms with E-state index in [1.807, 2.05) is 0 Å². The molecular weight excluding hydrogens is 302 g/mol. The van der Waals surface area contributed by atoms with Crippen LogP contribution >= 0.6 is 0 Å². The summed E-state index contributed by atoms with van der Waals surface area (Å²) < 4.78 is 26.4. The Hall–Kier alpha value is -1.98. The van der Waals surface area contributed by atoms with Crippen LogP contribution in [0.1, 0.15) is 38.3 Å². The fourth-order valence-corrected chi connectivity index (χ4v) is 2.92. The minimum absolute atomic E-state index is 0.0227. The maximum atomic E-state index is 13.4. The molecule has 0 N–H and O–H groups in total. The number of hydrogen-bond acceptors (Lipinski definition) is 2. The summed E-state index contributed by atoms with van der Waals surface area (Å²) in [6.07, 6.45) is 1.26. The zero-order chi connectivity index (χ0) is 17.1. The summed E-state index contributed by atoms with van der Waals surface area (Å²) in [6.45, 7) is 4.48. The molecule has 2 amide bonds. The van der Waals surface area contributed by atoms with Crippen molar-refractivity contribution in [3.63, 3.8) is 0 Å². The van der Waals surface area contributed by atoms with Gasteiger partial charge in [-0.2, -0.15) is 0 Å². The monoisotopic (exact) mass is 324 g/mol. The molecule has 0 bridgehead atoms. The molecule has 0 aromatic heterocycles. The first-order valence-corrected chi connectivity index (χ1v) is 7.78. The smallest absolute Gasteiger partial charge is 0.226 e. The lowest BCUT2D eigenvalue weighted by Crippen LogP contribution is -2.43. The van der Waals surface area contributed by atoms with E-state index in [0.717, 1.165) is 12.1 Å². The van der Waals surface area contributed by atoms with E-state index in [2.05, 4.69) is 0 Å². The molecule has 126 valence electrons. The van der Waals surface area contributed by atoms with Gasteiger partial charge in [0.05, 0.1) is 6.04 Å². The van der Waals surface area contributed by atoms with Crippen LogP contribution < -0.4 is 0 Å². The number of carbonyl (C=O) groups excluding carboxylic acids is 2. The lowest BCUT2D eigenvalue weighted by molar-refractivity contribution is -0.140. The topological polar surface area (TPSA) is 40.6 Å². The van der Waals surface area contributed by atoms with Crippen molar-refractivity contribution in [3.05, 3.63) is 35.4 Å². The number of halogens is 2. The molecule has 0 radical (unpaired) electrons. The van der Waals surface area contributed by atoms with Crippen LogP contribution in [0.15, 0.2) is 18.2 Å². The van der Waals surface area contributed by atoms with Crippen molar-refractivity contribution in [1.82, 2.24) is 9.80 Å². The predicted octanol–water partition coefficient (Wildman–Crippen LogP) is 2.74. The Morgan fingerprint density at radius 2 is 1.83 bits per heavy atom. The Morgan fingerprint density at radius 1 is 1.22 bits per heavy atom. The number of carbonyl (C=O) groups is 2. The fraction of sp³-hybridized carbons (Fsp3) is 0.529. The Labute approximate surface area is 135 Å². The summed E-state index contributed by atoms with van der Waals surface area (Å²) in [6, 6.07) is 3.35. The SMILES string of the molecule is CC(=O)N1CCC(C(=O)N(C)C(C)c2ccc(F)c(F)c2)CC1. The van der Waals surface area contributed by atoms with Crippen LogP contribution in [-0.4, -0.2) is 41.8 Å². The summed E-state index contributed by atoms with van der Waals surface area (Å²) in [5, 5.41) is 0. The van der Waals surface area contributed by atoms with Gasteiger partial charge in [0.15, 0.2) is 11.6 Å². The molecule has 0 aliphatic carbocycles. The number of piperidine rings is 1. The molecule has 4 nitrogen and oxygen atoms in total. The average Bonchev–Trinajstić information content (AvgIpc) is 2.55. The van der Waals surface area contributed by atoms with Gasteiger partial charge < -0.3 is 9.80 Å². The van der Waals surface area contributed by atoms with E-state index in [0.29, 0.717) is 31.5 Å². The number of hydrogen-bond donors (Lipinski definition) is 0. The van der Waals surface area contributed by atoms with Crippen molar-refractivity contribution >= 4 is 11.8 Å². The molecule has 1 aromatic rings. The fourth-order valence-electron chi connectivity index (χ4n) is 2.92. The van der Waals surface area contributed by atoms with Gasteiger partial charge in [0.25, 0.3) is 0 Å². The van der Waals surface area contributed by atoms with Crippen molar-refractivity contribution in [3.8, 4) is 0 Å². The van der Waals surface area contributed by atoms with Gasteiger partial charge in [0.1, 0.15) is 0 Å². The second-order valence-electron chi connectivity index (χ2n) is 6.08. The van der Waals surface area contributed by atoms with E-state index in [9.17, 15) is 18.4 Å². The van der Waals surface area contributed by atoms with Gasteiger partial charge >= 0.3 is 0 Å². The molecule has 6 heteroatoms. The first-order chi connectivity index (χ1) is 10.8. The minimum atomic E-state index is -0.912. The zero-order valence-electron chi connectivity index (χ0n) is 13.7. The third-order valence-electron chi connectivity index (χ3n) is 4.64. The third kappa shape index (κ3) is 3.86. The van der Waals surface area contributed by atoms with Crippen LogP contribution in [0.2, 0.25) is 0 Å². The van der Waals surface area contributed by atoms with Gasteiger partial charge in [0, 0.05) is 33.0 Å². The molecule has 23 heavy (non-hydrogen) atoms. The molecule has 1 saturated heterocycles. The first-order valence-electron chi connectivity index (χ1n) is 7.78. The molecule has 1 atom stereocenters. The van der Waals surface area contributed by atoms with Crippen molar-refractivity contribution in [1.29, 1.82) is 0 Å². The summed E-state index contributed by atoms with van der Waals surface area (Å²) >= 11 is 0. The van der Waals surface area contributed by atoms with E-state index in [1.54, 1.807) is 23.8 Å². The lowest BCUT2D eigenvalue weighted by Gasteiger charge is -2.34. The van der Waals surface area contributed by atoms with Gasteiger partial charge in [-0.1, -0.05) is 6.07 Å². The average molecular weight is 324 g/mol. The van der Waals surface area contributed by atoms with Crippen molar-refractivity contribution < 1.29 is 18.4 Å². The van der Waals surface area contributed by atoms with Crippen molar-refractivity contribution in [2.45, 2.75) is 32.7 Å². The highest BCUT2D eigenvalue weighted by atomic mass is 19.2. The second-order valence-corrected chi connectivity index (χ2v) is 6.08. The highest BCUT2D eigenvalue weighted by Crippen LogP contribution is 2.26. The largest absolute Gasteiger partial charge is 0.343 e. The van der Waals surface area contributed by atoms with Gasteiger partial charge in [0.2, 0.25) is 11.8 Å². The van der Waals surface area contributed by atoms with Crippen LogP contribution in [0, 0.1) is 17.6 Å². The van der Waals surface area contributed by atoms with E-state index < -0.39 is 11.6 Å². The number of benzene rings is 1. The zero-order valence-corrected chi connectivity index (χ0v) is 13.7. The Kier molecular flexibility index (Phi) is 5.34. The van der Waals surface area contributed by atoms with E-state index >= 15 is 0 Å². The number of rotatable bonds is 3. The summed E-state index contributed by atoms with van der Waals surface area (Å²) in [5.74, 6) is -1.94. The van der Waals surface area contributed by atoms with Crippen LogP contribution in [0.5, 0.6) is 0 Å². The summed E-state index contributed by atoms with van der Waals surface area (Å²) in [4.78, 5) is 27.2. The molecule has 0 spiro atoms. The van der Waals surface area contributed by atoms with Crippen LogP contribution in [0.4, 0.5) is 8.78 Å². The van der Waals surface area contributed by atoms with Gasteiger partial charge in [-0.05, 0) is 37.5 Å². The Morgan fingerprint density at radius 3 is 2.35 bits per heavy atom. The van der Waals surface area contributed by atoms with E-state index in [4.69, 9.17) is 0 Å². The van der Waals surface area contributed by atoms with Crippen LogP contribution in [0.3, 0.4) is 0 Å². The van der Waals surface area contributed by atoms with Crippen molar-refractivity contribution in [2.24, 2.45) is 5.92 Å². The third-order valence-corrected chi connectivity index (χ3v) is 4.64. The molecule has 1 aromatic carbocycles. The molecular formula is C17H22F2N2O2. The predicted molar refractivity (Wildman–Crippen MR) is 82.5 cm³/mol. The molecule has 1 aliphatic rings. The molecule has 1 aliphatic heterocycles. The normalized spacial score (nSPS) is 17.0. The maximum absolute atomic E-state index is 13.4. The van der Waals surface area contributed by atoms with Crippen LogP contribution in [-0.2, 0) is 9.59 Å². The van der Waals surface area contributed by atoms with Gasteiger partial charge in [-0.15, -0.1) is 0 Å². The molecule has 0 saturated carbocycles. The van der Waals surface area contributed by atoms with Gasteiger partial charge in [-0.25, -0.2) is 8.78 Å². The van der Waals surface area contributed by atoms with Gasteiger partial charge in [-0.3, -0.25) is 9.59 Å². The van der Waals surface area contributed by atoms with E-state index in [1.165, 1.54) is 13.0 Å². The summed E-state index contributed by atoms with van der Waals surface area (Å²) in [7, 11) is 1.67. The Balaban J connectivity index is 2.01. The second kappa shape index (κ2) is 7.06. The summed E-state index contributed by atoms with van der Waals surface area (Å²) in [5.41, 5.74) is 0.556. The lowest BCUT2D eigenvalue weighted by atomic mass is 9.94. The number of likely N-dealkylation sites (tertiary alicyclic amines) is 1. The standard InChI is InChI=1S/C17H22F2N2O2/c1-11(14-4-5-15(18)16(19)10-14)20(3)17(23)13-6-8-21(9-7-13)12(2)22/h4-5,10-11,13H,6-9H2,1-3H3. The minimum Gasteiger partial charge on any atom is -0.343 e. The maximum Gasteiger partial charge on any atom is 0.226 e. The quantitative estimate of drug-likeness (QED) is 0.858. The highest BCUT2D eigenvalue weighted by Gasteiger charge is 2.30. The molecule has 1 fully saturated rings. The molecule has 1 unspecified atom stereocenters. The Bertz CT molecular complexity index is 598. The number of nitrogens with zero attached hydrogens (tertiary/aromatic N) is 2. The van der Waals surface area contributed by atoms with E-state index in [-0.39, 0.29) is 23.8 Å². The van der Waals surface area contributed by atoms with Crippen molar-refractivity contribution in [2.75, 3.05) is 20.1 Å². The number of amides is 2. The highest BCUT2D eigenvalue weighted by molar-refractivity contribution is 5.80. The molecule has 2 rings (SSSR count). The first kappa shape index (κ1) is 17.4. The molecule has 1 heterocycles.